The molecular weight excluding hydrogens is 449 g/mol. The molecule has 2 aromatic carbocycles. The fourth-order valence-corrected chi connectivity index (χ4v) is 3.43. The molecule has 0 aliphatic rings. The van der Waals surface area contributed by atoms with Crippen LogP contribution in [-0.2, 0) is 19.8 Å². The predicted molar refractivity (Wildman–Crippen MR) is 98.8 cm³/mol. The highest BCUT2D eigenvalue weighted by Crippen LogP contribution is 2.42. The van der Waals surface area contributed by atoms with Gasteiger partial charge in [0.1, 0.15) is 23.8 Å². The summed E-state index contributed by atoms with van der Waals surface area (Å²) < 4.78 is 45.4. The SMILES string of the molecule is Cn1nc(-c2ccc(OCc3ccc(Cl)cc3)cc2O)c(Br)c1C(F)(F)F. The lowest BCUT2D eigenvalue weighted by molar-refractivity contribution is -0.144. The Morgan fingerprint density at radius 3 is 2.41 bits per heavy atom. The summed E-state index contributed by atoms with van der Waals surface area (Å²) in [5, 5.41) is 14.7. The number of nitrogens with zero attached hydrogens (tertiary/aromatic N) is 2. The van der Waals surface area contributed by atoms with Crippen LogP contribution < -0.4 is 4.74 Å². The normalized spacial score (nSPS) is 11.6. The van der Waals surface area contributed by atoms with E-state index >= 15 is 0 Å². The van der Waals surface area contributed by atoms with Crippen molar-refractivity contribution in [3.63, 3.8) is 0 Å². The van der Waals surface area contributed by atoms with Crippen molar-refractivity contribution in [3.8, 4) is 22.8 Å². The summed E-state index contributed by atoms with van der Waals surface area (Å²) in [5.41, 5.74) is 0.101. The molecule has 0 amide bonds. The molecule has 0 spiro atoms. The molecule has 1 aromatic heterocycles. The molecule has 1 N–H and O–H groups in total. The van der Waals surface area contributed by atoms with E-state index in [1.807, 2.05) is 0 Å². The molecule has 27 heavy (non-hydrogen) atoms. The van der Waals surface area contributed by atoms with Gasteiger partial charge in [-0.3, -0.25) is 4.68 Å². The van der Waals surface area contributed by atoms with Crippen LogP contribution in [0.3, 0.4) is 0 Å². The van der Waals surface area contributed by atoms with Crippen molar-refractivity contribution < 1.29 is 23.0 Å². The van der Waals surface area contributed by atoms with E-state index in [2.05, 4.69) is 21.0 Å². The first kappa shape index (κ1) is 19.6. The number of aryl methyl sites for hydroxylation is 1. The number of ether oxygens (including phenoxy) is 1. The maximum Gasteiger partial charge on any atom is 0.434 e. The van der Waals surface area contributed by atoms with E-state index in [1.165, 1.54) is 19.2 Å². The molecule has 0 aliphatic carbocycles. The quantitative estimate of drug-likeness (QED) is 0.534. The van der Waals surface area contributed by atoms with Crippen LogP contribution in [0.5, 0.6) is 11.5 Å². The highest BCUT2D eigenvalue weighted by atomic mass is 79.9. The fraction of sp³-hybridized carbons (Fsp3) is 0.167. The van der Waals surface area contributed by atoms with Crippen LogP contribution in [0.1, 0.15) is 11.3 Å². The lowest BCUT2D eigenvalue weighted by atomic mass is 10.1. The van der Waals surface area contributed by atoms with Crippen LogP contribution in [0.2, 0.25) is 5.02 Å². The van der Waals surface area contributed by atoms with Crippen molar-refractivity contribution in [2.24, 2.45) is 7.05 Å². The molecule has 142 valence electrons. The Morgan fingerprint density at radius 1 is 1.19 bits per heavy atom. The molecule has 4 nitrogen and oxygen atoms in total. The van der Waals surface area contributed by atoms with Crippen LogP contribution in [0.15, 0.2) is 46.9 Å². The van der Waals surface area contributed by atoms with Gasteiger partial charge >= 0.3 is 6.18 Å². The number of hydrogen-bond acceptors (Lipinski definition) is 3. The van der Waals surface area contributed by atoms with Crippen LogP contribution >= 0.6 is 27.5 Å². The maximum absolute atomic E-state index is 13.1. The second-order valence-corrected chi connectivity index (χ2v) is 6.96. The van der Waals surface area contributed by atoms with Crippen LogP contribution in [0.4, 0.5) is 13.2 Å². The third-order valence-corrected chi connectivity index (χ3v) is 4.80. The van der Waals surface area contributed by atoms with E-state index in [0.717, 1.165) is 10.2 Å². The van der Waals surface area contributed by atoms with Gasteiger partial charge in [0.15, 0.2) is 5.69 Å². The molecule has 3 aromatic rings. The van der Waals surface area contributed by atoms with Crippen LogP contribution in [-0.4, -0.2) is 14.9 Å². The van der Waals surface area contributed by atoms with E-state index < -0.39 is 11.9 Å². The third-order valence-electron chi connectivity index (χ3n) is 3.80. The molecule has 3 rings (SSSR count). The number of benzene rings is 2. The Balaban J connectivity index is 1.84. The summed E-state index contributed by atoms with van der Waals surface area (Å²) in [4.78, 5) is 0. The molecule has 0 saturated carbocycles. The van der Waals surface area contributed by atoms with Crippen molar-refractivity contribution in [1.29, 1.82) is 0 Å². The number of rotatable bonds is 4. The van der Waals surface area contributed by atoms with Gasteiger partial charge in [-0.2, -0.15) is 18.3 Å². The molecule has 0 aliphatic heterocycles. The van der Waals surface area contributed by atoms with Crippen molar-refractivity contribution in [2.45, 2.75) is 12.8 Å². The Morgan fingerprint density at radius 2 is 1.85 bits per heavy atom. The summed E-state index contributed by atoms with van der Waals surface area (Å²) >= 11 is 8.76. The minimum Gasteiger partial charge on any atom is -0.507 e. The van der Waals surface area contributed by atoms with Gasteiger partial charge in [-0.25, -0.2) is 0 Å². The Hall–Kier alpha value is -2.19. The van der Waals surface area contributed by atoms with Gasteiger partial charge < -0.3 is 9.84 Å². The molecule has 0 atom stereocenters. The number of hydrogen-bond donors (Lipinski definition) is 1. The number of phenols is 1. The largest absolute Gasteiger partial charge is 0.507 e. The Kier molecular flexibility index (Phi) is 5.39. The number of alkyl halides is 3. The zero-order chi connectivity index (χ0) is 19.8. The van der Waals surface area contributed by atoms with Crippen molar-refractivity contribution in [2.75, 3.05) is 0 Å². The third kappa shape index (κ3) is 4.22. The van der Waals surface area contributed by atoms with E-state index in [4.69, 9.17) is 16.3 Å². The van der Waals surface area contributed by atoms with Crippen molar-refractivity contribution in [1.82, 2.24) is 9.78 Å². The Labute approximate surface area is 166 Å². The molecule has 0 radical (unpaired) electrons. The van der Waals surface area contributed by atoms with Gasteiger partial charge in [0.2, 0.25) is 0 Å². The minimum absolute atomic E-state index is 0.00780. The molecule has 0 fully saturated rings. The van der Waals surface area contributed by atoms with Crippen molar-refractivity contribution >= 4 is 27.5 Å². The van der Waals surface area contributed by atoms with E-state index in [-0.39, 0.29) is 28.1 Å². The molecular formula is C18H13BrClF3N2O2. The first-order valence-electron chi connectivity index (χ1n) is 7.67. The zero-order valence-electron chi connectivity index (χ0n) is 13.9. The average molecular weight is 462 g/mol. The summed E-state index contributed by atoms with van der Waals surface area (Å²) in [6, 6.07) is 11.4. The second-order valence-electron chi connectivity index (χ2n) is 5.73. The highest BCUT2D eigenvalue weighted by molar-refractivity contribution is 9.10. The van der Waals surface area contributed by atoms with E-state index in [9.17, 15) is 18.3 Å². The number of halogens is 5. The van der Waals surface area contributed by atoms with Gasteiger partial charge in [0.05, 0.1) is 4.47 Å². The molecule has 9 heteroatoms. The van der Waals surface area contributed by atoms with Gasteiger partial charge in [-0.15, -0.1) is 0 Å². The minimum atomic E-state index is -4.57. The number of aromatic hydroxyl groups is 1. The Bertz CT molecular complexity index is 972. The average Bonchev–Trinajstić information content (AvgIpc) is 2.88. The molecule has 1 heterocycles. The smallest absolute Gasteiger partial charge is 0.434 e. The molecule has 0 bridgehead atoms. The summed E-state index contributed by atoms with van der Waals surface area (Å²) in [6.07, 6.45) is -4.57. The van der Waals surface area contributed by atoms with Gasteiger partial charge in [0.25, 0.3) is 0 Å². The molecule has 0 saturated heterocycles. The summed E-state index contributed by atoms with van der Waals surface area (Å²) in [7, 11) is 1.19. The first-order valence-corrected chi connectivity index (χ1v) is 8.84. The summed E-state index contributed by atoms with van der Waals surface area (Å²) in [6.45, 7) is 0.251. The number of aromatic nitrogens is 2. The molecule has 0 unspecified atom stereocenters. The van der Waals surface area contributed by atoms with Gasteiger partial charge in [0, 0.05) is 23.7 Å². The number of phenolic OH excluding ortho intramolecular Hbond substituents is 1. The van der Waals surface area contributed by atoms with E-state index in [0.29, 0.717) is 10.8 Å². The maximum atomic E-state index is 13.1. The van der Waals surface area contributed by atoms with E-state index in [1.54, 1.807) is 30.3 Å². The van der Waals surface area contributed by atoms with Crippen molar-refractivity contribution in [3.05, 3.63) is 63.2 Å². The summed E-state index contributed by atoms with van der Waals surface area (Å²) in [5.74, 6) is 0.130. The zero-order valence-corrected chi connectivity index (χ0v) is 16.2. The first-order chi connectivity index (χ1) is 12.7. The van der Waals surface area contributed by atoms with Gasteiger partial charge in [-0.1, -0.05) is 23.7 Å². The predicted octanol–water partition coefficient (Wildman–Crippen LogP) is 5.81. The second kappa shape index (κ2) is 7.44. The van der Waals surface area contributed by atoms with Crippen LogP contribution in [0.25, 0.3) is 11.3 Å². The monoisotopic (exact) mass is 460 g/mol. The van der Waals surface area contributed by atoms with Gasteiger partial charge in [-0.05, 0) is 45.8 Å². The lowest BCUT2D eigenvalue weighted by Gasteiger charge is -2.09. The fourth-order valence-electron chi connectivity index (χ4n) is 2.53. The van der Waals surface area contributed by atoms with Crippen LogP contribution in [0, 0.1) is 0 Å². The lowest BCUT2D eigenvalue weighted by Crippen LogP contribution is -2.12. The highest BCUT2D eigenvalue weighted by Gasteiger charge is 2.39. The standard InChI is InChI=1S/C18H13BrClF3N2O2/c1-25-17(18(21,22)23)15(19)16(24-25)13-7-6-12(8-14(13)26)27-9-10-2-4-11(20)5-3-10/h2-8,26H,9H2,1H3. The topological polar surface area (TPSA) is 47.3 Å².